The summed E-state index contributed by atoms with van der Waals surface area (Å²) in [4.78, 5) is 40.2. The molecule has 2 aromatic carbocycles. The Labute approximate surface area is 184 Å². The summed E-state index contributed by atoms with van der Waals surface area (Å²) in [6.45, 7) is 6.47. The third-order valence-electron chi connectivity index (χ3n) is 4.80. The van der Waals surface area contributed by atoms with E-state index >= 15 is 0 Å². The first kappa shape index (κ1) is 23.2. The molecule has 1 N–H and O–H groups in total. The number of rotatable bonds is 3. The van der Waals surface area contributed by atoms with Crippen molar-refractivity contribution in [3.05, 3.63) is 65.2 Å². The fraction of sp³-hybridized carbons (Fsp3) is 0.348. The average molecular weight is 445 g/mol. The van der Waals surface area contributed by atoms with Gasteiger partial charge in [-0.05, 0) is 63.2 Å². The van der Waals surface area contributed by atoms with Gasteiger partial charge in [0, 0.05) is 43.0 Å². The van der Waals surface area contributed by atoms with Crippen molar-refractivity contribution in [3.8, 4) is 0 Å². The van der Waals surface area contributed by atoms with Crippen LogP contribution in [0.4, 0.5) is 19.3 Å². The largest absolute Gasteiger partial charge is 0.444 e. The van der Waals surface area contributed by atoms with Crippen LogP contribution in [0.1, 0.15) is 41.5 Å². The van der Waals surface area contributed by atoms with E-state index in [1.54, 1.807) is 49.9 Å². The third kappa shape index (κ3) is 5.81. The second kappa shape index (κ2) is 9.33. The maximum atomic E-state index is 13.4. The molecule has 0 bridgehead atoms. The minimum absolute atomic E-state index is 0.0664. The van der Waals surface area contributed by atoms with Gasteiger partial charge in [-0.1, -0.05) is 0 Å². The second-order valence-electron chi connectivity index (χ2n) is 8.42. The van der Waals surface area contributed by atoms with Crippen LogP contribution >= 0.6 is 0 Å². The molecular formula is C23H25F2N3O4. The molecule has 0 atom stereocenters. The summed E-state index contributed by atoms with van der Waals surface area (Å²) >= 11 is 0. The lowest BCUT2D eigenvalue weighted by Crippen LogP contribution is -2.50. The van der Waals surface area contributed by atoms with Gasteiger partial charge in [0.2, 0.25) is 0 Å². The van der Waals surface area contributed by atoms with Crippen LogP contribution in [0, 0.1) is 11.6 Å². The van der Waals surface area contributed by atoms with E-state index in [2.05, 4.69) is 5.32 Å². The van der Waals surface area contributed by atoms with Gasteiger partial charge in [0.1, 0.15) is 5.60 Å². The molecule has 2 aromatic rings. The predicted octanol–water partition coefficient (Wildman–Crippen LogP) is 3.91. The summed E-state index contributed by atoms with van der Waals surface area (Å²) in [6, 6.07) is 9.47. The number of ether oxygens (including phenoxy) is 1. The summed E-state index contributed by atoms with van der Waals surface area (Å²) in [5, 5.41) is 2.61. The number of anilines is 1. The van der Waals surface area contributed by atoms with E-state index in [-0.39, 0.29) is 24.6 Å². The number of piperazine rings is 1. The molecule has 0 saturated carbocycles. The van der Waals surface area contributed by atoms with Gasteiger partial charge in [0.05, 0.1) is 0 Å². The third-order valence-corrected chi connectivity index (χ3v) is 4.80. The number of nitrogens with one attached hydrogen (secondary N) is 1. The molecule has 1 aliphatic heterocycles. The minimum atomic E-state index is -1.07. The zero-order valence-electron chi connectivity index (χ0n) is 18.2. The molecule has 1 fully saturated rings. The molecule has 3 amide bonds. The van der Waals surface area contributed by atoms with Crippen LogP contribution in [0.25, 0.3) is 0 Å². The van der Waals surface area contributed by atoms with Crippen molar-refractivity contribution in [3.63, 3.8) is 0 Å². The monoisotopic (exact) mass is 445 g/mol. The van der Waals surface area contributed by atoms with Crippen molar-refractivity contribution in [1.82, 2.24) is 9.80 Å². The topological polar surface area (TPSA) is 79.0 Å². The quantitative estimate of drug-likeness (QED) is 0.777. The van der Waals surface area contributed by atoms with Crippen molar-refractivity contribution in [2.24, 2.45) is 0 Å². The minimum Gasteiger partial charge on any atom is -0.444 e. The lowest BCUT2D eigenvalue weighted by molar-refractivity contribution is 0.0535. The molecular weight excluding hydrogens is 420 g/mol. The highest BCUT2D eigenvalue weighted by Crippen LogP contribution is 2.17. The first-order valence-electron chi connectivity index (χ1n) is 10.2. The number of amides is 3. The van der Waals surface area contributed by atoms with E-state index in [0.29, 0.717) is 24.3 Å². The first-order chi connectivity index (χ1) is 15.0. The molecule has 0 radical (unpaired) electrons. The van der Waals surface area contributed by atoms with E-state index in [9.17, 15) is 23.2 Å². The number of benzene rings is 2. The number of carbonyl (C=O) groups excluding carboxylic acids is 3. The van der Waals surface area contributed by atoms with E-state index < -0.39 is 29.2 Å². The Kier molecular flexibility index (Phi) is 6.76. The van der Waals surface area contributed by atoms with Crippen molar-refractivity contribution in [2.75, 3.05) is 31.5 Å². The number of hydrogen-bond acceptors (Lipinski definition) is 4. The molecule has 0 spiro atoms. The molecule has 9 heteroatoms. The summed E-state index contributed by atoms with van der Waals surface area (Å²) in [7, 11) is 0. The van der Waals surface area contributed by atoms with Crippen molar-refractivity contribution >= 4 is 23.6 Å². The Morgan fingerprint density at radius 3 is 1.81 bits per heavy atom. The van der Waals surface area contributed by atoms with Gasteiger partial charge in [0.25, 0.3) is 11.8 Å². The van der Waals surface area contributed by atoms with E-state index in [1.807, 2.05) is 0 Å². The van der Waals surface area contributed by atoms with Crippen molar-refractivity contribution in [2.45, 2.75) is 26.4 Å². The van der Waals surface area contributed by atoms with E-state index in [0.717, 1.165) is 12.1 Å². The normalized spacial score (nSPS) is 14.2. The van der Waals surface area contributed by atoms with Crippen LogP contribution in [0.5, 0.6) is 0 Å². The lowest BCUT2D eigenvalue weighted by atomic mass is 10.1. The number of carbonyl (C=O) groups is 3. The van der Waals surface area contributed by atoms with Gasteiger partial charge in [-0.3, -0.25) is 14.9 Å². The molecule has 32 heavy (non-hydrogen) atoms. The average Bonchev–Trinajstić information content (AvgIpc) is 2.74. The van der Waals surface area contributed by atoms with Crippen LogP contribution in [0.2, 0.25) is 0 Å². The molecule has 0 aromatic heterocycles. The Hall–Kier alpha value is -3.49. The van der Waals surface area contributed by atoms with Gasteiger partial charge >= 0.3 is 6.09 Å². The van der Waals surface area contributed by atoms with Gasteiger partial charge in [-0.25, -0.2) is 13.6 Å². The Bertz CT molecular complexity index is 1010. The maximum Gasteiger partial charge on any atom is 0.412 e. The molecule has 0 aliphatic carbocycles. The highest BCUT2D eigenvalue weighted by molar-refractivity contribution is 5.96. The second-order valence-corrected chi connectivity index (χ2v) is 8.42. The fourth-order valence-corrected chi connectivity index (χ4v) is 3.22. The number of halogens is 2. The highest BCUT2D eigenvalue weighted by atomic mass is 19.2. The van der Waals surface area contributed by atoms with Gasteiger partial charge in [-0.15, -0.1) is 0 Å². The lowest BCUT2D eigenvalue weighted by Gasteiger charge is -2.35. The maximum absolute atomic E-state index is 13.4. The number of hydrogen-bond donors (Lipinski definition) is 1. The van der Waals surface area contributed by atoms with Crippen LogP contribution < -0.4 is 5.32 Å². The standard InChI is InChI=1S/C23H25F2N3O4/c1-23(2,3)32-22(31)26-17-7-4-15(5-8-17)20(29)27-10-12-28(13-11-27)21(30)16-6-9-18(24)19(25)14-16/h4-9,14H,10-13H2,1-3H3,(H,26,31). The van der Waals surface area contributed by atoms with Crippen LogP contribution in [0.15, 0.2) is 42.5 Å². The Morgan fingerprint density at radius 1 is 0.812 bits per heavy atom. The van der Waals surface area contributed by atoms with Crippen molar-refractivity contribution in [1.29, 1.82) is 0 Å². The number of nitrogens with zero attached hydrogens (tertiary/aromatic N) is 2. The van der Waals surface area contributed by atoms with Crippen molar-refractivity contribution < 1.29 is 27.9 Å². The van der Waals surface area contributed by atoms with Gasteiger partial charge in [-0.2, -0.15) is 0 Å². The molecule has 170 valence electrons. The van der Waals surface area contributed by atoms with Crippen LogP contribution in [-0.4, -0.2) is 59.5 Å². The van der Waals surface area contributed by atoms with E-state index in [4.69, 9.17) is 4.74 Å². The van der Waals surface area contributed by atoms with Gasteiger partial charge in [0.15, 0.2) is 11.6 Å². The summed E-state index contributed by atoms with van der Waals surface area (Å²) in [5.74, 6) is -2.69. The zero-order chi connectivity index (χ0) is 23.5. The highest BCUT2D eigenvalue weighted by Gasteiger charge is 2.26. The zero-order valence-corrected chi connectivity index (χ0v) is 18.2. The fourth-order valence-electron chi connectivity index (χ4n) is 3.22. The first-order valence-corrected chi connectivity index (χ1v) is 10.2. The van der Waals surface area contributed by atoms with Gasteiger partial charge < -0.3 is 14.5 Å². The summed E-state index contributed by atoms with van der Waals surface area (Å²) in [5.41, 5.74) is 0.392. The molecule has 3 rings (SSSR count). The SMILES string of the molecule is CC(C)(C)OC(=O)Nc1ccc(C(=O)N2CCN(C(=O)c3ccc(F)c(F)c3)CC2)cc1. The van der Waals surface area contributed by atoms with Crippen LogP contribution in [0.3, 0.4) is 0 Å². The predicted molar refractivity (Wildman–Crippen MR) is 114 cm³/mol. The molecule has 1 saturated heterocycles. The molecule has 7 nitrogen and oxygen atoms in total. The van der Waals surface area contributed by atoms with Crippen LogP contribution in [-0.2, 0) is 4.74 Å². The van der Waals surface area contributed by atoms with E-state index in [1.165, 1.54) is 11.0 Å². The molecule has 0 unspecified atom stereocenters. The Balaban J connectivity index is 1.55. The molecule has 1 aliphatic rings. The Morgan fingerprint density at radius 2 is 1.31 bits per heavy atom. The summed E-state index contributed by atoms with van der Waals surface area (Å²) in [6.07, 6.45) is -0.585. The summed E-state index contributed by atoms with van der Waals surface area (Å²) < 4.78 is 31.7. The molecule has 1 heterocycles. The smallest absolute Gasteiger partial charge is 0.412 e.